The van der Waals surface area contributed by atoms with E-state index < -0.39 is 0 Å². The summed E-state index contributed by atoms with van der Waals surface area (Å²) in [6.45, 7) is 0.787. The van der Waals surface area contributed by atoms with E-state index in [1.54, 1.807) is 36.3 Å². The largest absolute Gasteiger partial charge is 0.497 e. The zero-order chi connectivity index (χ0) is 18.9. The van der Waals surface area contributed by atoms with Crippen LogP contribution in [0.3, 0.4) is 0 Å². The van der Waals surface area contributed by atoms with Crippen LogP contribution in [0, 0.1) is 0 Å². The Labute approximate surface area is 158 Å². The number of halogens is 1. The first-order chi connectivity index (χ1) is 12.5. The van der Waals surface area contributed by atoms with Crippen molar-refractivity contribution in [1.29, 1.82) is 0 Å². The number of hydrogen-bond donors (Lipinski definition) is 0. The van der Waals surface area contributed by atoms with Crippen molar-refractivity contribution in [2.45, 2.75) is 12.8 Å². The molecule has 0 heterocycles. The monoisotopic (exact) mass is 375 g/mol. The SMILES string of the molecule is COC(=O)CCN(CCc1ccc(OC)cc1)C(=O)c1ccc(Cl)cc1. The van der Waals surface area contributed by atoms with Crippen molar-refractivity contribution in [3.8, 4) is 5.75 Å². The van der Waals surface area contributed by atoms with E-state index in [0.29, 0.717) is 30.1 Å². The summed E-state index contributed by atoms with van der Waals surface area (Å²) in [6, 6.07) is 14.4. The number of benzene rings is 2. The number of nitrogens with zero attached hydrogens (tertiary/aromatic N) is 1. The van der Waals surface area contributed by atoms with E-state index in [1.165, 1.54) is 7.11 Å². The van der Waals surface area contributed by atoms with Crippen LogP contribution in [-0.2, 0) is 16.0 Å². The van der Waals surface area contributed by atoms with Crippen LogP contribution in [0.2, 0.25) is 5.02 Å². The topological polar surface area (TPSA) is 55.8 Å². The lowest BCUT2D eigenvalue weighted by atomic mass is 10.1. The number of esters is 1. The Kier molecular flexibility index (Phi) is 7.48. The maximum absolute atomic E-state index is 12.8. The summed E-state index contributed by atoms with van der Waals surface area (Å²) in [5.74, 6) is 0.302. The van der Waals surface area contributed by atoms with Gasteiger partial charge in [0.25, 0.3) is 5.91 Å². The van der Waals surface area contributed by atoms with Gasteiger partial charge in [0.05, 0.1) is 20.6 Å². The van der Waals surface area contributed by atoms with Gasteiger partial charge >= 0.3 is 5.97 Å². The van der Waals surface area contributed by atoms with Crippen molar-refractivity contribution in [1.82, 2.24) is 4.90 Å². The highest BCUT2D eigenvalue weighted by atomic mass is 35.5. The molecule has 0 aromatic heterocycles. The maximum atomic E-state index is 12.8. The van der Waals surface area contributed by atoms with Gasteiger partial charge in [0, 0.05) is 23.7 Å². The average molecular weight is 376 g/mol. The lowest BCUT2D eigenvalue weighted by Gasteiger charge is -2.22. The first-order valence-electron chi connectivity index (χ1n) is 8.28. The summed E-state index contributed by atoms with van der Waals surface area (Å²) in [7, 11) is 2.96. The van der Waals surface area contributed by atoms with Crippen LogP contribution in [-0.4, -0.2) is 44.1 Å². The maximum Gasteiger partial charge on any atom is 0.307 e. The molecule has 0 atom stereocenters. The van der Waals surface area contributed by atoms with Crippen LogP contribution in [0.4, 0.5) is 0 Å². The molecule has 0 aliphatic rings. The molecule has 2 rings (SSSR count). The Morgan fingerprint density at radius 2 is 1.62 bits per heavy atom. The molecule has 0 N–H and O–H groups in total. The van der Waals surface area contributed by atoms with Crippen LogP contribution in [0.1, 0.15) is 22.3 Å². The third kappa shape index (κ3) is 5.77. The fourth-order valence-corrected chi connectivity index (χ4v) is 2.60. The molecule has 0 aliphatic heterocycles. The molecule has 1 amide bonds. The van der Waals surface area contributed by atoms with Crippen molar-refractivity contribution in [3.63, 3.8) is 0 Å². The molecule has 0 spiro atoms. The molecular weight excluding hydrogens is 354 g/mol. The minimum Gasteiger partial charge on any atom is -0.497 e. The zero-order valence-electron chi connectivity index (χ0n) is 14.9. The van der Waals surface area contributed by atoms with Crippen LogP contribution < -0.4 is 4.74 Å². The fourth-order valence-electron chi connectivity index (χ4n) is 2.47. The molecule has 2 aromatic rings. The number of ether oxygens (including phenoxy) is 2. The van der Waals surface area contributed by atoms with E-state index in [1.807, 2.05) is 24.3 Å². The van der Waals surface area contributed by atoms with Gasteiger partial charge < -0.3 is 14.4 Å². The Morgan fingerprint density at radius 3 is 2.19 bits per heavy atom. The summed E-state index contributed by atoms with van der Waals surface area (Å²) in [5.41, 5.74) is 1.62. The van der Waals surface area contributed by atoms with E-state index in [2.05, 4.69) is 4.74 Å². The van der Waals surface area contributed by atoms with Crippen molar-refractivity contribution in [2.75, 3.05) is 27.3 Å². The van der Waals surface area contributed by atoms with Gasteiger partial charge in [0.1, 0.15) is 5.75 Å². The lowest BCUT2D eigenvalue weighted by molar-refractivity contribution is -0.140. The molecule has 0 radical (unpaired) electrons. The number of carbonyl (C=O) groups excluding carboxylic acids is 2. The third-order valence-corrected chi connectivity index (χ3v) is 4.27. The van der Waals surface area contributed by atoms with Crippen LogP contribution in [0.5, 0.6) is 5.75 Å². The quantitative estimate of drug-likeness (QED) is 0.661. The van der Waals surface area contributed by atoms with Gasteiger partial charge in [-0.15, -0.1) is 0 Å². The first kappa shape index (κ1) is 19.8. The molecule has 2 aromatic carbocycles. The number of hydrogen-bond acceptors (Lipinski definition) is 4. The van der Waals surface area contributed by atoms with Crippen molar-refractivity contribution < 1.29 is 19.1 Å². The molecule has 5 nitrogen and oxygen atoms in total. The predicted octanol–water partition coefficient (Wildman–Crippen LogP) is 3.60. The van der Waals surface area contributed by atoms with Crippen LogP contribution in [0.15, 0.2) is 48.5 Å². The molecule has 6 heteroatoms. The van der Waals surface area contributed by atoms with Gasteiger partial charge in [-0.2, -0.15) is 0 Å². The van der Waals surface area contributed by atoms with Gasteiger partial charge in [-0.3, -0.25) is 9.59 Å². The van der Waals surface area contributed by atoms with Gasteiger partial charge in [-0.05, 0) is 48.4 Å². The van der Waals surface area contributed by atoms with Crippen molar-refractivity contribution in [2.24, 2.45) is 0 Å². The minimum atomic E-state index is -0.344. The standard InChI is InChI=1S/C20H22ClNO4/c1-25-18-9-3-15(4-10-18)11-13-22(14-12-19(23)26-2)20(24)16-5-7-17(21)8-6-16/h3-10H,11-14H2,1-2H3. The normalized spacial score (nSPS) is 10.3. The number of carbonyl (C=O) groups is 2. The molecule has 138 valence electrons. The van der Waals surface area contributed by atoms with E-state index in [0.717, 1.165) is 11.3 Å². The highest BCUT2D eigenvalue weighted by molar-refractivity contribution is 6.30. The van der Waals surface area contributed by atoms with E-state index in [9.17, 15) is 9.59 Å². The van der Waals surface area contributed by atoms with Crippen molar-refractivity contribution in [3.05, 3.63) is 64.7 Å². The number of amides is 1. The summed E-state index contributed by atoms with van der Waals surface area (Å²) in [4.78, 5) is 25.9. The highest BCUT2D eigenvalue weighted by Gasteiger charge is 2.17. The Morgan fingerprint density at radius 1 is 0.962 bits per heavy atom. The van der Waals surface area contributed by atoms with Gasteiger partial charge in [0.2, 0.25) is 0 Å². The molecule has 0 aliphatic carbocycles. The van der Waals surface area contributed by atoms with E-state index >= 15 is 0 Å². The van der Waals surface area contributed by atoms with E-state index in [4.69, 9.17) is 16.3 Å². The summed E-state index contributed by atoms with van der Waals surface area (Å²) >= 11 is 5.89. The predicted molar refractivity (Wildman–Crippen MR) is 101 cm³/mol. The summed E-state index contributed by atoms with van der Waals surface area (Å²) in [5, 5.41) is 0.570. The van der Waals surface area contributed by atoms with Crippen LogP contribution in [0.25, 0.3) is 0 Å². The van der Waals surface area contributed by atoms with E-state index in [-0.39, 0.29) is 18.3 Å². The summed E-state index contributed by atoms with van der Waals surface area (Å²) < 4.78 is 9.83. The van der Waals surface area contributed by atoms with Gasteiger partial charge in [-0.1, -0.05) is 23.7 Å². The lowest BCUT2D eigenvalue weighted by Crippen LogP contribution is -2.35. The zero-order valence-corrected chi connectivity index (χ0v) is 15.7. The Balaban J connectivity index is 2.07. The summed E-state index contributed by atoms with van der Waals surface area (Å²) in [6.07, 6.45) is 0.822. The second-order valence-corrected chi connectivity index (χ2v) is 6.16. The number of methoxy groups -OCH3 is 2. The molecule has 0 saturated heterocycles. The average Bonchev–Trinajstić information content (AvgIpc) is 2.68. The molecule has 26 heavy (non-hydrogen) atoms. The second-order valence-electron chi connectivity index (χ2n) is 5.72. The second kappa shape index (κ2) is 9.82. The Hall–Kier alpha value is -2.53. The minimum absolute atomic E-state index is 0.140. The third-order valence-electron chi connectivity index (χ3n) is 4.02. The molecule has 0 unspecified atom stereocenters. The fraction of sp³-hybridized carbons (Fsp3) is 0.300. The van der Waals surface area contributed by atoms with Crippen LogP contribution >= 0.6 is 11.6 Å². The molecular formula is C20H22ClNO4. The highest BCUT2D eigenvalue weighted by Crippen LogP contribution is 2.15. The molecule has 0 fully saturated rings. The molecule has 0 bridgehead atoms. The molecule has 0 saturated carbocycles. The smallest absolute Gasteiger partial charge is 0.307 e. The van der Waals surface area contributed by atoms with Gasteiger partial charge in [-0.25, -0.2) is 0 Å². The van der Waals surface area contributed by atoms with Gasteiger partial charge in [0.15, 0.2) is 0 Å². The first-order valence-corrected chi connectivity index (χ1v) is 8.66. The van der Waals surface area contributed by atoms with Crippen molar-refractivity contribution >= 4 is 23.5 Å². The Bertz CT molecular complexity index is 728. The number of rotatable bonds is 8.